The van der Waals surface area contributed by atoms with E-state index in [-0.39, 0.29) is 6.10 Å². The van der Waals surface area contributed by atoms with Crippen molar-refractivity contribution in [3.05, 3.63) is 0 Å². The van der Waals surface area contributed by atoms with E-state index < -0.39 is 21.0 Å². The number of hydrogen-bond acceptors (Lipinski definition) is 3. The van der Waals surface area contributed by atoms with Gasteiger partial charge in [0.05, 0.1) is 0 Å². The molecule has 0 spiro atoms. The molecule has 1 saturated heterocycles. The van der Waals surface area contributed by atoms with Gasteiger partial charge in [-0.15, -0.1) is 0 Å². The number of hydrogen-bond donors (Lipinski definition) is 1. The molecule has 1 fully saturated rings. The van der Waals surface area contributed by atoms with Gasteiger partial charge in [-0.05, 0) is 27.2 Å². The van der Waals surface area contributed by atoms with Gasteiger partial charge < -0.3 is 4.74 Å². The predicted molar refractivity (Wildman–Crippen MR) is 50.8 cm³/mol. The van der Waals surface area contributed by atoms with E-state index >= 15 is 0 Å². The van der Waals surface area contributed by atoms with Crippen LogP contribution in [0.3, 0.4) is 0 Å². The lowest BCUT2D eigenvalue weighted by atomic mass is 10.1. The summed E-state index contributed by atoms with van der Waals surface area (Å²) in [4.78, 5) is 0. The van der Waals surface area contributed by atoms with E-state index in [9.17, 15) is 8.42 Å². The third-order valence-corrected chi connectivity index (χ3v) is 3.62. The highest BCUT2D eigenvalue weighted by atomic mass is 32.2. The van der Waals surface area contributed by atoms with Crippen molar-refractivity contribution in [2.75, 3.05) is 0 Å². The molecule has 0 aromatic heterocycles. The first-order chi connectivity index (χ1) is 5.76. The van der Waals surface area contributed by atoms with Crippen molar-refractivity contribution < 1.29 is 13.2 Å². The van der Waals surface area contributed by atoms with Gasteiger partial charge in [-0.3, -0.25) is 0 Å². The molecular weight excluding hydrogens is 190 g/mol. The van der Waals surface area contributed by atoms with Crippen molar-refractivity contribution in [1.29, 1.82) is 0 Å². The van der Waals surface area contributed by atoms with Gasteiger partial charge in [0.15, 0.2) is 5.44 Å². The SMILES string of the molecule is CCC1OC1S(=O)(=O)NC(C)(C)C. The van der Waals surface area contributed by atoms with E-state index in [0.29, 0.717) is 0 Å². The zero-order valence-corrected chi connectivity index (χ0v) is 9.31. The fourth-order valence-corrected chi connectivity index (χ4v) is 3.02. The summed E-state index contributed by atoms with van der Waals surface area (Å²) in [6.07, 6.45) is 0.635. The van der Waals surface area contributed by atoms with Gasteiger partial charge in [0.2, 0.25) is 10.0 Å². The molecular formula is C8H17NO3S. The van der Waals surface area contributed by atoms with Crippen molar-refractivity contribution in [3.63, 3.8) is 0 Å². The molecule has 78 valence electrons. The lowest BCUT2D eigenvalue weighted by Crippen LogP contribution is -2.42. The number of rotatable bonds is 3. The van der Waals surface area contributed by atoms with Crippen LogP contribution in [0.25, 0.3) is 0 Å². The third kappa shape index (κ3) is 2.93. The zero-order chi connectivity index (χ0) is 10.3. The summed E-state index contributed by atoms with van der Waals surface area (Å²) in [5, 5.41) is 0. The van der Waals surface area contributed by atoms with Crippen molar-refractivity contribution in [2.45, 2.75) is 51.2 Å². The van der Waals surface area contributed by atoms with Crippen molar-refractivity contribution >= 4 is 10.0 Å². The maximum Gasteiger partial charge on any atom is 0.241 e. The molecule has 0 radical (unpaired) electrons. The molecule has 1 N–H and O–H groups in total. The summed E-state index contributed by atoms with van der Waals surface area (Å²) in [5.74, 6) is 0. The lowest BCUT2D eigenvalue weighted by Gasteiger charge is -2.19. The van der Waals surface area contributed by atoms with Crippen LogP contribution in [0.15, 0.2) is 0 Å². The number of ether oxygens (including phenoxy) is 1. The topological polar surface area (TPSA) is 58.7 Å². The largest absolute Gasteiger partial charge is 0.351 e. The van der Waals surface area contributed by atoms with Crippen LogP contribution in [0.2, 0.25) is 0 Å². The van der Waals surface area contributed by atoms with Crippen LogP contribution in [-0.2, 0) is 14.8 Å². The Morgan fingerprint density at radius 1 is 1.38 bits per heavy atom. The van der Waals surface area contributed by atoms with E-state index in [2.05, 4.69) is 4.72 Å². The second-order valence-electron chi connectivity index (χ2n) is 4.35. The Morgan fingerprint density at radius 3 is 2.23 bits per heavy atom. The minimum atomic E-state index is -3.28. The number of sulfonamides is 1. The molecule has 13 heavy (non-hydrogen) atoms. The highest BCUT2D eigenvalue weighted by molar-refractivity contribution is 7.90. The van der Waals surface area contributed by atoms with Gasteiger partial charge in [-0.25, -0.2) is 13.1 Å². The average Bonchev–Trinajstić information content (AvgIpc) is 2.58. The Labute approximate surface area is 79.7 Å². The highest BCUT2D eigenvalue weighted by Crippen LogP contribution is 2.30. The van der Waals surface area contributed by atoms with Crippen LogP contribution in [-0.4, -0.2) is 25.5 Å². The van der Waals surface area contributed by atoms with Crippen LogP contribution in [0.1, 0.15) is 34.1 Å². The predicted octanol–water partition coefficient (Wildman–Crippen LogP) is 0.839. The molecule has 0 bridgehead atoms. The van der Waals surface area contributed by atoms with Crippen LogP contribution < -0.4 is 4.72 Å². The normalized spacial score (nSPS) is 28.9. The molecule has 1 aliphatic rings. The molecule has 0 aliphatic carbocycles. The molecule has 0 aromatic carbocycles. The molecule has 2 unspecified atom stereocenters. The fourth-order valence-electron chi connectivity index (χ4n) is 1.17. The molecule has 5 heteroatoms. The maximum atomic E-state index is 11.5. The molecule has 2 atom stereocenters. The summed E-state index contributed by atoms with van der Waals surface area (Å²) in [5.41, 5.74) is -1.06. The van der Waals surface area contributed by atoms with Crippen LogP contribution >= 0.6 is 0 Å². The Morgan fingerprint density at radius 2 is 1.92 bits per heavy atom. The first kappa shape index (κ1) is 10.9. The lowest BCUT2D eigenvalue weighted by molar-refractivity contribution is 0.385. The zero-order valence-electron chi connectivity index (χ0n) is 8.49. The van der Waals surface area contributed by atoms with Crippen LogP contribution in [0.4, 0.5) is 0 Å². The van der Waals surface area contributed by atoms with Crippen molar-refractivity contribution in [2.24, 2.45) is 0 Å². The Kier molecular flexibility index (Phi) is 2.71. The highest BCUT2D eigenvalue weighted by Gasteiger charge is 2.48. The smallest absolute Gasteiger partial charge is 0.241 e. The number of epoxide rings is 1. The molecule has 1 aliphatic heterocycles. The summed E-state index contributed by atoms with van der Waals surface area (Å²) in [6.45, 7) is 7.35. The Hall–Kier alpha value is -0.130. The van der Waals surface area contributed by atoms with E-state index in [1.807, 2.05) is 27.7 Å². The molecule has 0 amide bonds. The monoisotopic (exact) mass is 207 g/mol. The Bertz CT molecular complexity index is 278. The summed E-state index contributed by atoms with van der Waals surface area (Å²) >= 11 is 0. The quantitative estimate of drug-likeness (QED) is 0.698. The second kappa shape index (κ2) is 3.22. The van der Waals surface area contributed by atoms with Crippen molar-refractivity contribution in [3.8, 4) is 0 Å². The van der Waals surface area contributed by atoms with Gasteiger partial charge in [0.25, 0.3) is 0 Å². The van der Waals surface area contributed by atoms with Crippen LogP contribution in [0.5, 0.6) is 0 Å². The first-order valence-corrected chi connectivity index (χ1v) is 5.99. The molecule has 0 aromatic rings. The molecule has 0 saturated carbocycles. The van der Waals surface area contributed by atoms with Gasteiger partial charge >= 0.3 is 0 Å². The van der Waals surface area contributed by atoms with Gasteiger partial charge in [-0.2, -0.15) is 0 Å². The minimum absolute atomic E-state index is 0.111. The second-order valence-corrected chi connectivity index (χ2v) is 6.11. The summed E-state index contributed by atoms with van der Waals surface area (Å²) in [6, 6.07) is 0. The molecule has 1 heterocycles. The van der Waals surface area contributed by atoms with E-state index in [1.54, 1.807) is 0 Å². The maximum absolute atomic E-state index is 11.5. The van der Waals surface area contributed by atoms with E-state index in [0.717, 1.165) is 6.42 Å². The number of nitrogens with one attached hydrogen (secondary N) is 1. The van der Waals surface area contributed by atoms with E-state index in [4.69, 9.17) is 4.74 Å². The Balaban J connectivity index is 2.59. The average molecular weight is 207 g/mol. The molecule has 4 nitrogen and oxygen atoms in total. The van der Waals surface area contributed by atoms with Gasteiger partial charge in [0.1, 0.15) is 6.10 Å². The minimum Gasteiger partial charge on any atom is -0.351 e. The van der Waals surface area contributed by atoms with Gasteiger partial charge in [-0.1, -0.05) is 6.92 Å². The van der Waals surface area contributed by atoms with Gasteiger partial charge in [0, 0.05) is 5.54 Å². The summed E-state index contributed by atoms with van der Waals surface area (Å²) in [7, 11) is -3.28. The first-order valence-electron chi connectivity index (χ1n) is 4.44. The van der Waals surface area contributed by atoms with Crippen molar-refractivity contribution in [1.82, 2.24) is 4.72 Å². The standard InChI is InChI=1S/C8H17NO3S/c1-5-6-7(12-6)13(10,11)9-8(2,3)4/h6-7,9H,5H2,1-4H3. The van der Waals surface area contributed by atoms with E-state index in [1.165, 1.54) is 0 Å². The third-order valence-electron chi connectivity index (χ3n) is 1.69. The molecule has 1 rings (SSSR count). The summed E-state index contributed by atoms with van der Waals surface area (Å²) < 4.78 is 30.7. The fraction of sp³-hybridized carbons (Fsp3) is 1.00. The van der Waals surface area contributed by atoms with Crippen LogP contribution in [0, 0.1) is 0 Å².